The van der Waals surface area contributed by atoms with Crippen molar-refractivity contribution in [3.05, 3.63) is 35.2 Å². The first-order valence-electron chi connectivity index (χ1n) is 6.83. The number of ether oxygens (including phenoxy) is 1. The summed E-state index contributed by atoms with van der Waals surface area (Å²) in [6.45, 7) is 4.38. The van der Waals surface area contributed by atoms with E-state index in [0.29, 0.717) is 23.1 Å². The van der Waals surface area contributed by atoms with Gasteiger partial charge in [0.1, 0.15) is 11.1 Å². The van der Waals surface area contributed by atoms with Gasteiger partial charge in [0.2, 0.25) is 0 Å². The van der Waals surface area contributed by atoms with Gasteiger partial charge in [0, 0.05) is 0 Å². The van der Waals surface area contributed by atoms with Gasteiger partial charge in [-0.15, -0.1) is 11.3 Å². The van der Waals surface area contributed by atoms with Crippen molar-refractivity contribution in [3.63, 3.8) is 0 Å². The third kappa shape index (κ3) is 4.58. The van der Waals surface area contributed by atoms with Crippen molar-refractivity contribution in [1.82, 2.24) is 4.98 Å². The van der Waals surface area contributed by atoms with E-state index in [0.717, 1.165) is 10.6 Å². The zero-order valence-electron chi connectivity index (χ0n) is 12.4. The van der Waals surface area contributed by atoms with Gasteiger partial charge in [0.25, 0.3) is 0 Å². The zero-order chi connectivity index (χ0) is 15.9. The number of aromatic nitrogens is 1. The number of nitrogens with zero attached hydrogens (tertiary/aromatic N) is 2. The van der Waals surface area contributed by atoms with Crippen molar-refractivity contribution < 1.29 is 9.53 Å². The zero-order valence-corrected chi connectivity index (χ0v) is 14.0. The van der Waals surface area contributed by atoms with Crippen LogP contribution in [0.3, 0.4) is 0 Å². The lowest BCUT2D eigenvalue weighted by atomic mass is 10.2. The van der Waals surface area contributed by atoms with Crippen LogP contribution in [0.5, 0.6) is 0 Å². The molecule has 0 saturated heterocycles. The number of thiophene rings is 1. The Balaban J connectivity index is 2.07. The number of hydrogen-bond acceptors (Lipinski definition) is 6. The Morgan fingerprint density at radius 2 is 2.27 bits per heavy atom. The summed E-state index contributed by atoms with van der Waals surface area (Å²) in [7, 11) is 0. The maximum atomic E-state index is 11.7. The number of rotatable bonds is 6. The standard InChI is InChI=1S/C16H16N2O2S2/c1-11(2)9-20-15(19)10-22-16-12(8-17)5-6-13(18-16)14-4-3-7-21-14/h3-7,11H,9-10H2,1-2H3. The molecule has 0 bridgehead atoms. The maximum Gasteiger partial charge on any atom is 0.316 e. The minimum absolute atomic E-state index is 0.155. The lowest BCUT2D eigenvalue weighted by molar-refractivity contribution is -0.141. The number of pyridine rings is 1. The monoisotopic (exact) mass is 332 g/mol. The number of esters is 1. The van der Waals surface area contributed by atoms with Gasteiger partial charge in [-0.25, -0.2) is 4.98 Å². The van der Waals surface area contributed by atoms with Crippen LogP contribution in [-0.4, -0.2) is 23.3 Å². The molecule has 6 heteroatoms. The van der Waals surface area contributed by atoms with Crippen LogP contribution < -0.4 is 0 Å². The summed E-state index contributed by atoms with van der Waals surface area (Å²) in [6.07, 6.45) is 0. The second kappa shape index (κ2) is 7.97. The number of carbonyl (C=O) groups is 1. The smallest absolute Gasteiger partial charge is 0.316 e. The molecule has 0 aromatic carbocycles. The van der Waals surface area contributed by atoms with E-state index >= 15 is 0 Å². The minimum atomic E-state index is -0.286. The highest BCUT2D eigenvalue weighted by atomic mass is 32.2. The first-order chi connectivity index (χ1) is 10.6. The summed E-state index contributed by atoms with van der Waals surface area (Å²) < 4.78 is 5.13. The number of carbonyl (C=O) groups excluding carboxylic acids is 1. The van der Waals surface area contributed by atoms with E-state index in [-0.39, 0.29) is 11.7 Å². The molecule has 0 fully saturated rings. The average Bonchev–Trinajstić information content (AvgIpc) is 3.05. The van der Waals surface area contributed by atoms with E-state index in [2.05, 4.69) is 11.1 Å². The average molecular weight is 332 g/mol. The van der Waals surface area contributed by atoms with E-state index in [1.807, 2.05) is 37.4 Å². The van der Waals surface area contributed by atoms with Gasteiger partial charge in [-0.3, -0.25) is 4.79 Å². The van der Waals surface area contributed by atoms with Crippen LogP contribution in [0, 0.1) is 17.2 Å². The largest absolute Gasteiger partial charge is 0.465 e. The lowest BCUT2D eigenvalue weighted by Gasteiger charge is -2.08. The fourth-order valence-corrected chi connectivity index (χ4v) is 3.09. The quantitative estimate of drug-likeness (QED) is 0.591. The maximum absolute atomic E-state index is 11.7. The normalized spacial score (nSPS) is 10.5. The van der Waals surface area contributed by atoms with E-state index in [9.17, 15) is 4.79 Å². The Morgan fingerprint density at radius 1 is 1.45 bits per heavy atom. The van der Waals surface area contributed by atoms with Crippen molar-refractivity contribution in [2.75, 3.05) is 12.4 Å². The number of thioether (sulfide) groups is 1. The molecular weight excluding hydrogens is 316 g/mol. The molecule has 2 aromatic rings. The molecule has 0 atom stereocenters. The summed E-state index contributed by atoms with van der Waals surface area (Å²) >= 11 is 2.83. The Bertz CT molecular complexity index is 676. The van der Waals surface area contributed by atoms with Crippen molar-refractivity contribution >= 4 is 29.1 Å². The third-order valence-corrected chi connectivity index (χ3v) is 4.52. The molecule has 2 heterocycles. The Labute approximate surface area is 138 Å². The Kier molecular flexibility index (Phi) is 5.99. The van der Waals surface area contributed by atoms with Crippen LogP contribution in [-0.2, 0) is 9.53 Å². The predicted molar refractivity (Wildman–Crippen MR) is 88.8 cm³/mol. The molecule has 2 aromatic heterocycles. The predicted octanol–water partition coefficient (Wildman–Crippen LogP) is 3.97. The molecule has 0 N–H and O–H groups in total. The molecule has 2 rings (SSSR count). The lowest BCUT2D eigenvalue weighted by Crippen LogP contribution is -2.12. The van der Waals surface area contributed by atoms with E-state index in [1.54, 1.807) is 17.4 Å². The highest BCUT2D eigenvalue weighted by molar-refractivity contribution is 7.99. The second-order valence-corrected chi connectivity index (χ2v) is 6.92. The summed E-state index contributed by atoms with van der Waals surface area (Å²) in [5.41, 5.74) is 1.29. The van der Waals surface area contributed by atoms with E-state index < -0.39 is 0 Å². The van der Waals surface area contributed by atoms with Crippen molar-refractivity contribution in [2.24, 2.45) is 5.92 Å². The van der Waals surface area contributed by atoms with E-state index in [1.165, 1.54) is 11.8 Å². The fraction of sp³-hybridized carbons (Fsp3) is 0.312. The van der Waals surface area contributed by atoms with Gasteiger partial charge in [-0.05, 0) is 29.5 Å². The fourth-order valence-electron chi connectivity index (χ4n) is 1.63. The summed E-state index contributed by atoms with van der Waals surface area (Å²) in [5.74, 6) is 0.178. The second-order valence-electron chi connectivity index (χ2n) is 5.00. The Morgan fingerprint density at radius 3 is 2.91 bits per heavy atom. The first-order valence-corrected chi connectivity index (χ1v) is 8.70. The molecule has 0 radical (unpaired) electrons. The van der Waals surface area contributed by atoms with Crippen LogP contribution in [0.1, 0.15) is 19.4 Å². The van der Waals surface area contributed by atoms with Crippen molar-refractivity contribution in [2.45, 2.75) is 18.9 Å². The van der Waals surface area contributed by atoms with Crippen LogP contribution in [0.15, 0.2) is 34.7 Å². The molecule has 0 spiro atoms. The molecule has 4 nitrogen and oxygen atoms in total. The highest BCUT2D eigenvalue weighted by Gasteiger charge is 2.12. The van der Waals surface area contributed by atoms with Crippen molar-refractivity contribution in [3.8, 4) is 16.6 Å². The molecule has 0 unspecified atom stereocenters. The highest BCUT2D eigenvalue weighted by Crippen LogP contribution is 2.27. The summed E-state index contributed by atoms with van der Waals surface area (Å²) in [4.78, 5) is 17.2. The molecule has 0 amide bonds. The van der Waals surface area contributed by atoms with Crippen LogP contribution in [0.2, 0.25) is 0 Å². The van der Waals surface area contributed by atoms with Gasteiger partial charge in [-0.2, -0.15) is 5.26 Å². The van der Waals surface area contributed by atoms with Gasteiger partial charge >= 0.3 is 5.97 Å². The minimum Gasteiger partial charge on any atom is -0.465 e. The first kappa shape index (κ1) is 16.5. The molecule has 0 aliphatic carbocycles. The van der Waals surface area contributed by atoms with E-state index in [4.69, 9.17) is 10.00 Å². The molecule has 0 aliphatic heterocycles. The van der Waals surface area contributed by atoms with Gasteiger partial charge in [-0.1, -0.05) is 31.7 Å². The van der Waals surface area contributed by atoms with Crippen molar-refractivity contribution in [1.29, 1.82) is 5.26 Å². The van der Waals surface area contributed by atoms with Crippen LogP contribution in [0.4, 0.5) is 0 Å². The topological polar surface area (TPSA) is 63.0 Å². The molecular formula is C16H16N2O2S2. The van der Waals surface area contributed by atoms with Gasteiger partial charge < -0.3 is 4.74 Å². The number of nitriles is 1. The van der Waals surface area contributed by atoms with Crippen LogP contribution in [0.25, 0.3) is 10.6 Å². The van der Waals surface area contributed by atoms with Crippen LogP contribution >= 0.6 is 23.1 Å². The van der Waals surface area contributed by atoms with Gasteiger partial charge in [0.15, 0.2) is 0 Å². The molecule has 22 heavy (non-hydrogen) atoms. The Hall–Kier alpha value is -1.84. The third-order valence-electron chi connectivity index (χ3n) is 2.66. The number of hydrogen-bond donors (Lipinski definition) is 0. The SMILES string of the molecule is CC(C)COC(=O)CSc1nc(-c2cccs2)ccc1C#N. The summed E-state index contributed by atoms with van der Waals surface area (Å²) in [6, 6.07) is 9.61. The molecule has 0 saturated carbocycles. The molecule has 114 valence electrons. The molecule has 0 aliphatic rings. The van der Waals surface area contributed by atoms with Gasteiger partial charge in [0.05, 0.1) is 28.5 Å². The summed E-state index contributed by atoms with van der Waals surface area (Å²) in [5, 5.41) is 11.7.